The number of rotatable bonds is 6. The quantitative estimate of drug-likeness (QED) is 0.352. The Balaban J connectivity index is 1.85. The van der Waals surface area contributed by atoms with E-state index in [1.165, 1.54) is 17.0 Å². The van der Waals surface area contributed by atoms with Crippen LogP contribution in [0.25, 0.3) is 0 Å². The van der Waals surface area contributed by atoms with Gasteiger partial charge >= 0.3 is 0 Å². The second-order valence-electron chi connectivity index (χ2n) is 4.20. The van der Waals surface area contributed by atoms with Crippen molar-refractivity contribution >= 4 is 23.7 Å². The van der Waals surface area contributed by atoms with Crippen LogP contribution in [0.3, 0.4) is 0 Å². The second-order valence-corrected chi connectivity index (χ2v) is 5.08. The molecule has 6 heteroatoms. The number of oxime groups is 1. The van der Waals surface area contributed by atoms with Crippen LogP contribution in [-0.4, -0.2) is 17.4 Å². The van der Waals surface area contributed by atoms with E-state index in [1.54, 1.807) is 30.1 Å². The van der Waals surface area contributed by atoms with Crippen molar-refractivity contribution in [3.05, 3.63) is 69.8 Å². The summed E-state index contributed by atoms with van der Waals surface area (Å²) >= 11 is 1.68. The van der Waals surface area contributed by atoms with E-state index in [4.69, 9.17) is 4.84 Å². The van der Waals surface area contributed by atoms with Gasteiger partial charge in [-0.25, -0.2) is 0 Å². The number of hydrogen-bond acceptors (Lipinski definition) is 5. The monoisotopic (exact) mass is 302 g/mol. The minimum atomic E-state index is -0.430. The zero-order chi connectivity index (χ0) is 15.1. The van der Waals surface area contributed by atoms with Crippen molar-refractivity contribution in [1.82, 2.24) is 0 Å². The predicted molar refractivity (Wildman–Crippen MR) is 83.7 cm³/mol. The number of nitro benzene ring substituents is 1. The van der Waals surface area contributed by atoms with Gasteiger partial charge in [0.05, 0.1) is 11.1 Å². The van der Waals surface area contributed by atoms with Crippen LogP contribution in [0.15, 0.2) is 58.6 Å². The molecule has 2 aromatic rings. The van der Waals surface area contributed by atoms with Gasteiger partial charge in [-0.1, -0.05) is 17.3 Å². The minimum absolute atomic E-state index is 0.0659. The Labute approximate surface area is 126 Å². The molecule has 5 nitrogen and oxygen atoms in total. The van der Waals surface area contributed by atoms with Crippen LogP contribution in [0.2, 0.25) is 0 Å². The Kier molecular flexibility index (Phi) is 5.34. The van der Waals surface area contributed by atoms with Gasteiger partial charge in [0.25, 0.3) is 5.69 Å². The van der Waals surface area contributed by atoms with E-state index in [1.807, 2.05) is 30.5 Å². The molecule has 0 N–H and O–H groups in total. The van der Waals surface area contributed by atoms with Crippen LogP contribution in [0.4, 0.5) is 5.69 Å². The normalized spacial score (nSPS) is 10.7. The lowest BCUT2D eigenvalue weighted by Gasteiger charge is -2.00. The summed E-state index contributed by atoms with van der Waals surface area (Å²) < 4.78 is 0. The van der Waals surface area contributed by atoms with Crippen molar-refractivity contribution in [2.24, 2.45) is 5.16 Å². The number of benzene rings is 2. The van der Waals surface area contributed by atoms with Gasteiger partial charge in [-0.3, -0.25) is 10.1 Å². The van der Waals surface area contributed by atoms with Crippen molar-refractivity contribution in [3.8, 4) is 0 Å². The second kappa shape index (κ2) is 7.44. The third-order valence-corrected chi connectivity index (χ3v) is 3.51. The molecule has 0 heterocycles. The summed E-state index contributed by atoms with van der Waals surface area (Å²) in [6, 6.07) is 14.2. The van der Waals surface area contributed by atoms with Crippen LogP contribution in [0, 0.1) is 10.1 Å². The van der Waals surface area contributed by atoms with E-state index in [9.17, 15) is 10.1 Å². The van der Waals surface area contributed by atoms with Gasteiger partial charge < -0.3 is 4.84 Å². The minimum Gasteiger partial charge on any atom is -0.391 e. The van der Waals surface area contributed by atoms with Crippen molar-refractivity contribution in [3.63, 3.8) is 0 Å². The summed E-state index contributed by atoms with van der Waals surface area (Å²) in [5, 5.41) is 14.4. The van der Waals surface area contributed by atoms with E-state index in [2.05, 4.69) is 5.16 Å². The fourth-order valence-electron chi connectivity index (χ4n) is 1.61. The average molecular weight is 302 g/mol. The zero-order valence-electron chi connectivity index (χ0n) is 11.4. The molecule has 0 saturated carbocycles. The topological polar surface area (TPSA) is 64.7 Å². The smallest absolute Gasteiger partial charge is 0.269 e. The van der Waals surface area contributed by atoms with Gasteiger partial charge in [-0.05, 0) is 41.6 Å². The third-order valence-electron chi connectivity index (χ3n) is 2.77. The summed E-state index contributed by atoms with van der Waals surface area (Å²) in [4.78, 5) is 16.5. The molecule has 2 aromatic carbocycles. The van der Waals surface area contributed by atoms with E-state index < -0.39 is 4.92 Å². The Hall–Kier alpha value is -2.34. The maximum absolute atomic E-state index is 10.5. The lowest BCUT2D eigenvalue weighted by molar-refractivity contribution is -0.384. The first-order valence-corrected chi connectivity index (χ1v) is 7.44. The van der Waals surface area contributed by atoms with Gasteiger partial charge in [-0.2, -0.15) is 0 Å². The Morgan fingerprint density at radius 1 is 1.19 bits per heavy atom. The molecule has 0 aliphatic rings. The predicted octanol–water partition coefficient (Wildman–Crippen LogP) is 3.87. The zero-order valence-corrected chi connectivity index (χ0v) is 12.2. The molecule has 0 unspecified atom stereocenters. The molecule has 0 radical (unpaired) electrons. The highest BCUT2D eigenvalue weighted by atomic mass is 32.2. The molecule has 0 spiro atoms. The molecule has 0 fully saturated rings. The summed E-state index contributed by atoms with van der Waals surface area (Å²) in [7, 11) is 0. The fourth-order valence-corrected chi connectivity index (χ4v) is 2.02. The summed E-state index contributed by atoms with van der Waals surface area (Å²) in [6.07, 6.45) is 3.66. The number of nitro groups is 1. The van der Waals surface area contributed by atoms with Crippen molar-refractivity contribution in [2.45, 2.75) is 11.5 Å². The maximum Gasteiger partial charge on any atom is 0.269 e. The highest BCUT2D eigenvalue weighted by molar-refractivity contribution is 7.98. The number of thioether (sulfide) groups is 1. The van der Waals surface area contributed by atoms with E-state index >= 15 is 0 Å². The number of hydrogen-bond donors (Lipinski definition) is 0. The van der Waals surface area contributed by atoms with Gasteiger partial charge in [-0.15, -0.1) is 11.8 Å². The Morgan fingerprint density at radius 3 is 2.43 bits per heavy atom. The molecule has 0 amide bonds. The van der Waals surface area contributed by atoms with Crippen LogP contribution in [-0.2, 0) is 11.4 Å². The van der Waals surface area contributed by atoms with E-state index in [0.717, 1.165) is 11.1 Å². The standard InChI is InChI=1S/C15H14N2O3S/c1-21-15-8-4-12(5-9-15)10-16-20-11-13-2-6-14(7-3-13)17(18)19/h2-10H,11H2,1H3. The third kappa shape index (κ3) is 4.61. The first-order chi connectivity index (χ1) is 10.2. The van der Waals surface area contributed by atoms with Gasteiger partial charge in [0.1, 0.15) is 6.61 Å². The average Bonchev–Trinajstić information content (AvgIpc) is 2.52. The summed E-state index contributed by atoms with van der Waals surface area (Å²) in [5.74, 6) is 0. The Bertz CT molecular complexity index is 624. The molecular formula is C15H14N2O3S. The van der Waals surface area contributed by atoms with Crippen molar-refractivity contribution < 1.29 is 9.76 Å². The van der Waals surface area contributed by atoms with E-state index in [0.29, 0.717) is 0 Å². The SMILES string of the molecule is CSc1ccc(C=NOCc2ccc([N+](=O)[O-])cc2)cc1. The lowest BCUT2D eigenvalue weighted by atomic mass is 10.2. The fraction of sp³-hybridized carbons (Fsp3) is 0.133. The molecule has 2 rings (SSSR count). The number of nitrogens with zero attached hydrogens (tertiary/aromatic N) is 2. The largest absolute Gasteiger partial charge is 0.391 e. The molecule has 0 aliphatic carbocycles. The molecule has 0 aromatic heterocycles. The van der Waals surface area contributed by atoms with Crippen LogP contribution < -0.4 is 0 Å². The molecule has 0 atom stereocenters. The van der Waals surface area contributed by atoms with Crippen molar-refractivity contribution in [1.29, 1.82) is 0 Å². The molecule has 0 saturated heterocycles. The van der Waals surface area contributed by atoms with Gasteiger partial charge in [0, 0.05) is 17.0 Å². The lowest BCUT2D eigenvalue weighted by Crippen LogP contribution is -1.91. The summed E-state index contributed by atoms with van der Waals surface area (Å²) in [5.41, 5.74) is 1.85. The van der Waals surface area contributed by atoms with Crippen LogP contribution in [0.5, 0.6) is 0 Å². The first kappa shape index (κ1) is 15.1. The van der Waals surface area contributed by atoms with E-state index in [-0.39, 0.29) is 12.3 Å². The van der Waals surface area contributed by atoms with Crippen LogP contribution >= 0.6 is 11.8 Å². The summed E-state index contributed by atoms with van der Waals surface area (Å²) in [6.45, 7) is 0.275. The molecule has 21 heavy (non-hydrogen) atoms. The molecule has 0 aliphatic heterocycles. The van der Waals surface area contributed by atoms with Gasteiger partial charge in [0.15, 0.2) is 0 Å². The highest BCUT2D eigenvalue weighted by Gasteiger charge is 2.03. The maximum atomic E-state index is 10.5. The van der Waals surface area contributed by atoms with Crippen molar-refractivity contribution in [2.75, 3.05) is 6.26 Å². The number of non-ortho nitro benzene ring substituents is 1. The Morgan fingerprint density at radius 2 is 1.86 bits per heavy atom. The molecule has 108 valence electrons. The molecular weight excluding hydrogens is 288 g/mol. The highest BCUT2D eigenvalue weighted by Crippen LogP contribution is 2.14. The van der Waals surface area contributed by atoms with Crippen LogP contribution in [0.1, 0.15) is 11.1 Å². The first-order valence-electron chi connectivity index (χ1n) is 6.22. The van der Waals surface area contributed by atoms with Gasteiger partial charge in [0.2, 0.25) is 0 Å². The molecule has 0 bridgehead atoms.